The smallest absolute Gasteiger partial charge is 0.183 e. The summed E-state index contributed by atoms with van der Waals surface area (Å²) in [6.45, 7) is 2.02. The Bertz CT molecular complexity index is 1240. The molecule has 4 aromatic carbocycles. The molecule has 0 bridgehead atoms. The maximum absolute atomic E-state index is 6.24. The van der Waals surface area contributed by atoms with Crippen LogP contribution in [0.15, 0.2) is 109 Å². The molecule has 1 heterocycles. The molecule has 0 radical (unpaired) electrons. The monoisotopic (exact) mass is 436 g/mol. The number of nitrogens with zero attached hydrogens (tertiary/aromatic N) is 4. The van der Waals surface area contributed by atoms with Crippen LogP contribution >= 0.6 is 11.6 Å². The van der Waals surface area contributed by atoms with E-state index >= 15 is 0 Å². The van der Waals surface area contributed by atoms with Crippen molar-refractivity contribution in [2.75, 3.05) is 0 Å². The predicted octanol–water partition coefficient (Wildman–Crippen LogP) is 6.14. The fourth-order valence-corrected chi connectivity index (χ4v) is 4.59. The highest BCUT2D eigenvalue weighted by molar-refractivity contribution is 6.30. The highest BCUT2D eigenvalue weighted by atomic mass is 35.5. The van der Waals surface area contributed by atoms with Gasteiger partial charge in [-0.3, -0.25) is 0 Å². The Morgan fingerprint density at radius 2 is 1.19 bits per heavy atom. The van der Waals surface area contributed by atoms with Crippen LogP contribution in [0.25, 0.3) is 11.4 Å². The molecule has 0 amide bonds. The summed E-state index contributed by atoms with van der Waals surface area (Å²) in [5.41, 5.74) is 4.38. The Morgan fingerprint density at radius 1 is 0.688 bits per heavy atom. The number of hydrogen-bond donors (Lipinski definition) is 0. The molecular weight excluding hydrogens is 416 g/mol. The molecule has 156 valence electrons. The third-order valence-corrected chi connectivity index (χ3v) is 6.03. The molecule has 0 fully saturated rings. The highest BCUT2D eigenvalue weighted by Crippen LogP contribution is 2.42. The van der Waals surface area contributed by atoms with Crippen molar-refractivity contribution in [2.24, 2.45) is 0 Å². The largest absolute Gasteiger partial charge is 0.205 e. The van der Waals surface area contributed by atoms with E-state index in [-0.39, 0.29) is 0 Å². The Morgan fingerprint density at radius 3 is 1.66 bits per heavy atom. The Balaban J connectivity index is 1.90. The van der Waals surface area contributed by atoms with Gasteiger partial charge in [-0.05, 0) is 57.8 Å². The van der Waals surface area contributed by atoms with Crippen LogP contribution in [0, 0.1) is 6.92 Å². The molecule has 4 nitrogen and oxygen atoms in total. The maximum Gasteiger partial charge on any atom is 0.183 e. The second-order valence-electron chi connectivity index (χ2n) is 7.68. The van der Waals surface area contributed by atoms with E-state index in [1.165, 1.54) is 0 Å². The zero-order valence-electron chi connectivity index (χ0n) is 17.6. The summed E-state index contributed by atoms with van der Waals surface area (Å²) in [7, 11) is 0. The standard InChI is InChI=1S/C27H21ClN4/c1-20-19-24(28)17-18-25(20)26-29-30-31-32(26)27(21-11-5-2-6-12-21,22-13-7-3-8-14-22)23-15-9-4-10-16-23/h2-19H,1H3. The van der Waals surface area contributed by atoms with Gasteiger partial charge in [0.1, 0.15) is 5.54 Å². The fourth-order valence-electron chi connectivity index (χ4n) is 4.36. The van der Waals surface area contributed by atoms with Crippen molar-refractivity contribution >= 4 is 11.6 Å². The van der Waals surface area contributed by atoms with Crippen molar-refractivity contribution in [3.05, 3.63) is 136 Å². The van der Waals surface area contributed by atoms with Crippen molar-refractivity contribution in [3.63, 3.8) is 0 Å². The molecule has 5 rings (SSSR count). The van der Waals surface area contributed by atoms with E-state index in [2.05, 4.69) is 51.9 Å². The fraction of sp³-hybridized carbons (Fsp3) is 0.0741. The molecule has 0 saturated heterocycles. The first-order chi connectivity index (χ1) is 15.7. The highest BCUT2D eigenvalue weighted by Gasteiger charge is 2.41. The molecule has 0 spiro atoms. The SMILES string of the molecule is Cc1cc(Cl)ccc1-c1nnnn1C(c1ccccc1)(c1ccccc1)c1ccccc1. The van der Waals surface area contributed by atoms with E-state index < -0.39 is 5.54 Å². The molecule has 32 heavy (non-hydrogen) atoms. The summed E-state index contributed by atoms with van der Waals surface area (Å²) in [6, 6.07) is 36.9. The number of tetrazole rings is 1. The summed E-state index contributed by atoms with van der Waals surface area (Å²) in [6.07, 6.45) is 0. The van der Waals surface area contributed by atoms with E-state index in [4.69, 9.17) is 11.6 Å². The third kappa shape index (κ3) is 3.29. The number of benzene rings is 4. The number of rotatable bonds is 5. The van der Waals surface area contributed by atoms with Gasteiger partial charge in [0.2, 0.25) is 0 Å². The topological polar surface area (TPSA) is 43.6 Å². The summed E-state index contributed by atoms with van der Waals surface area (Å²) in [4.78, 5) is 0. The second-order valence-corrected chi connectivity index (χ2v) is 8.12. The molecule has 0 aliphatic heterocycles. The van der Waals surface area contributed by atoms with Crippen molar-refractivity contribution < 1.29 is 0 Å². The van der Waals surface area contributed by atoms with Crippen LogP contribution < -0.4 is 0 Å². The van der Waals surface area contributed by atoms with Crippen LogP contribution in [0.4, 0.5) is 0 Å². The summed E-state index contributed by atoms with van der Waals surface area (Å²) in [5, 5.41) is 13.9. The average Bonchev–Trinajstić information content (AvgIpc) is 3.32. The van der Waals surface area contributed by atoms with Gasteiger partial charge in [0, 0.05) is 10.6 Å². The maximum atomic E-state index is 6.24. The Kier molecular flexibility index (Phi) is 5.29. The van der Waals surface area contributed by atoms with Crippen LogP contribution in [-0.2, 0) is 5.54 Å². The van der Waals surface area contributed by atoms with Gasteiger partial charge < -0.3 is 0 Å². The first-order valence-electron chi connectivity index (χ1n) is 10.4. The molecule has 5 aromatic rings. The van der Waals surface area contributed by atoms with Gasteiger partial charge in [-0.25, -0.2) is 4.68 Å². The van der Waals surface area contributed by atoms with Crippen LogP contribution in [0.2, 0.25) is 5.02 Å². The first kappa shape index (κ1) is 20.2. The van der Waals surface area contributed by atoms with Gasteiger partial charge in [0.25, 0.3) is 0 Å². The third-order valence-electron chi connectivity index (χ3n) is 5.79. The first-order valence-corrected chi connectivity index (χ1v) is 10.8. The minimum absolute atomic E-state index is 0.677. The summed E-state index contributed by atoms with van der Waals surface area (Å²) < 4.78 is 1.93. The summed E-state index contributed by atoms with van der Waals surface area (Å²) >= 11 is 6.24. The van der Waals surface area contributed by atoms with Gasteiger partial charge in [-0.1, -0.05) is 103 Å². The minimum Gasteiger partial charge on any atom is -0.205 e. The second kappa shape index (κ2) is 8.40. The lowest BCUT2D eigenvalue weighted by Crippen LogP contribution is -2.39. The average molecular weight is 437 g/mol. The molecular formula is C27H21ClN4. The lowest BCUT2D eigenvalue weighted by molar-refractivity contribution is 0.451. The number of aryl methyl sites for hydroxylation is 1. The van der Waals surface area contributed by atoms with Crippen LogP contribution in [-0.4, -0.2) is 20.2 Å². The molecule has 1 aromatic heterocycles. The van der Waals surface area contributed by atoms with Crippen molar-refractivity contribution in [2.45, 2.75) is 12.5 Å². The molecule has 0 N–H and O–H groups in total. The molecule has 0 aliphatic carbocycles. The molecule has 0 atom stereocenters. The van der Waals surface area contributed by atoms with Crippen LogP contribution in [0.5, 0.6) is 0 Å². The molecule has 5 heteroatoms. The lowest BCUT2D eigenvalue weighted by Gasteiger charge is -2.36. The van der Waals surface area contributed by atoms with E-state index in [1.54, 1.807) is 0 Å². The molecule has 0 aliphatic rings. The van der Waals surface area contributed by atoms with Gasteiger partial charge >= 0.3 is 0 Å². The number of aromatic nitrogens is 4. The minimum atomic E-state index is -0.769. The number of hydrogen-bond acceptors (Lipinski definition) is 3. The predicted molar refractivity (Wildman–Crippen MR) is 128 cm³/mol. The lowest BCUT2D eigenvalue weighted by atomic mass is 9.77. The van der Waals surface area contributed by atoms with Crippen LogP contribution in [0.3, 0.4) is 0 Å². The van der Waals surface area contributed by atoms with E-state index in [9.17, 15) is 0 Å². The van der Waals surface area contributed by atoms with E-state index in [1.807, 2.05) is 84.4 Å². The van der Waals surface area contributed by atoms with Gasteiger partial charge in [0.05, 0.1) is 0 Å². The van der Waals surface area contributed by atoms with Gasteiger partial charge in [-0.15, -0.1) is 5.10 Å². The van der Waals surface area contributed by atoms with Crippen molar-refractivity contribution in [1.82, 2.24) is 20.2 Å². The Hall–Kier alpha value is -3.76. The Labute approximate surface area is 192 Å². The van der Waals surface area contributed by atoms with Crippen molar-refractivity contribution in [1.29, 1.82) is 0 Å². The zero-order valence-corrected chi connectivity index (χ0v) is 18.3. The van der Waals surface area contributed by atoms with Crippen molar-refractivity contribution in [3.8, 4) is 11.4 Å². The number of halogens is 1. The zero-order chi connectivity index (χ0) is 22.0. The van der Waals surface area contributed by atoms with E-state index in [0.29, 0.717) is 10.8 Å². The van der Waals surface area contributed by atoms with Gasteiger partial charge in [-0.2, -0.15) is 0 Å². The van der Waals surface area contributed by atoms with Crippen LogP contribution in [0.1, 0.15) is 22.3 Å². The molecule has 0 unspecified atom stereocenters. The molecule has 0 saturated carbocycles. The quantitative estimate of drug-likeness (QED) is 0.311. The summed E-state index contributed by atoms with van der Waals surface area (Å²) in [5.74, 6) is 0.677. The van der Waals surface area contributed by atoms with E-state index in [0.717, 1.165) is 27.8 Å². The normalized spacial score (nSPS) is 11.4. The van der Waals surface area contributed by atoms with Gasteiger partial charge in [0.15, 0.2) is 5.82 Å².